The Labute approximate surface area is 110 Å². The van der Waals surface area contributed by atoms with E-state index in [9.17, 15) is 0 Å². The Kier molecular flexibility index (Phi) is 2.96. The van der Waals surface area contributed by atoms with Crippen LogP contribution in [0.15, 0.2) is 32.4 Å². The second-order valence-corrected chi connectivity index (χ2v) is 6.17. The normalized spacial score (nSPS) is 10.9. The molecule has 3 aromatic rings. The molecule has 0 atom stereocenters. The monoisotopic (exact) mass is 280 g/mol. The number of hydrogen-bond donors (Lipinski definition) is 1. The summed E-state index contributed by atoms with van der Waals surface area (Å²) in [6.07, 6.45) is 1.80. The Morgan fingerprint density at radius 1 is 1.24 bits per heavy atom. The lowest BCUT2D eigenvalue weighted by Gasteiger charge is -2.03. The Morgan fingerprint density at radius 3 is 2.94 bits per heavy atom. The van der Waals surface area contributed by atoms with Crippen molar-refractivity contribution in [2.45, 2.75) is 9.37 Å². The number of thiazole rings is 1. The van der Waals surface area contributed by atoms with E-state index in [1.54, 1.807) is 40.6 Å². The summed E-state index contributed by atoms with van der Waals surface area (Å²) < 4.78 is 0.998. The van der Waals surface area contributed by atoms with Gasteiger partial charge in [-0.3, -0.25) is 0 Å². The molecule has 0 aliphatic carbocycles. The summed E-state index contributed by atoms with van der Waals surface area (Å²) in [5.41, 5.74) is 0. The van der Waals surface area contributed by atoms with Crippen LogP contribution in [0.5, 0.6) is 0 Å². The van der Waals surface area contributed by atoms with Crippen molar-refractivity contribution in [2.75, 3.05) is 12.4 Å². The molecule has 0 aromatic carbocycles. The predicted octanol–water partition coefficient (Wildman–Crippen LogP) is 3.34. The summed E-state index contributed by atoms with van der Waals surface area (Å²) in [5, 5.41) is 9.03. The van der Waals surface area contributed by atoms with Crippen molar-refractivity contribution in [2.24, 2.45) is 0 Å². The molecule has 1 N–H and O–H groups in total. The van der Waals surface area contributed by atoms with Gasteiger partial charge in [0.2, 0.25) is 5.95 Å². The van der Waals surface area contributed by atoms with Gasteiger partial charge in [0.1, 0.15) is 9.86 Å². The van der Waals surface area contributed by atoms with Crippen molar-refractivity contribution >= 4 is 50.6 Å². The van der Waals surface area contributed by atoms with E-state index in [4.69, 9.17) is 0 Å². The zero-order chi connectivity index (χ0) is 11.7. The van der Waals surface area contributed by atoms with Gasteiger partial charge in [0.25, 0.3) is 0 Å². The van der Waals surface area contributed by atoms with Gasteiger partial charge in [0.15, 0.2) is 4.34 Å². The van der Waals surface area contributed by atoms with E-state index in [0.717, 1.165) is 19.6 Å². The first kappa shape index (κ1) is 10.9. The van der Waals surface area contributed by atoms with E-state index in [1.165, 1.54) is 0 Å². The SMILES string of the molecule is CNc1nc(Sc2nccs2)c2ccsc2n1. The second-order valence-electron chi connectivity index (χ2n) is 3.14. The molecule has 0 unspecified atom stereocenters. The van der Waals surface area contributed by atoms with Crippen molar-refractivity contribution in [3.05, 3.63) is 23.0 Å². The van der Waals surface area contributed by atoms with Gasteiger partial charge in [-0.05, 0) is 23.2 Å². The van der Waals surface area contributed by atoms with Gasteiger partial charge in [-0.2, -0.15) is 0 Å². The highest BCUT2D eigenvalue weighted by molar-refractivity contribution is 8.01. The third-order valence-electron chi connectivity index (χ3n) is 2.11. The van der Waals surface area contributed by atoms with Crippen LogP contribution in [-0.2, 0) is 0 Å². The molecule has 3 rings (SSSR count). The number of rotatable bonds is 3. The molecule has 0 saturated carbocycles. The average Bonchev–Trinajstić information content (AvgIpc) is 2.98. The minimum absolute atomic E-state index is 0.652. The maximum absolute atomic E-state index is 4.48. The predicted molar refractivity (Wildman–Crippen MR) is 73.2 cm³/mol. The average molecular weight is 280 g/mol. The van der Waals surface area contributed by atoms with Crippen LogP contribution < -0.4 is 5.32 Å². The third-order valence-corrected chi connectivity index (χ3v) is 4.80. The molecule has 0 fully saturated rings. The summed E-state index contributed by atoms with van der Waals surface area (Å²) in [6.45, 7) is 0. The standard InChI is InChI=1S/C10H8N4S3/c1-11-9-13-7-6(2-4-15-7)8(14-9)17-10-12-3-5-16-10/h2-5H,1H3,(H,11,13,14). The molecular weight excluding hydrogens is 272 g/mol. The summed E-state index contributed by atoms with van der Waals surface area (Å²) in [7, 11) is 1.83. The van der Waals surface area contributed by atoms with Crippen LogP contribution in [0, 0.1) is 0 Å². The zero-order valence-corrected chi connectivity index (χ0v) is 11.3. The molecule has 0 amide bonds. The highest BCUT2D eigenvalue weighted by Gasteiger charge is 2.10. The first-order valence-electron chi connectivity index (χ1n) is 4.87. The fourth-order valence-electron chi connectivity index (χ4n) is 1.36. The molecule has 17 heavy (non-hydrogen) atoms. The Hall–Kier alpha value is -1.18. The van der Waals surface area contributed by atoms with Crippen LogP contribution in [0.25, 0.3) is 10.2 Å². The third kappa shape index (κ3) is 2.13. The van der Waals surface area contributed by atoms with Crippen molar-refractivity contribution in [1.82, 2.24) is 15.0 Å². The van der Waals surface area contributed by atoms with Crippen LogP contribution in [-0.4, -0.2) is 22.0 Å². The van der Waals surface area contributed by atoms with Gasteiger partial charge in [-0.25, -0.2) is 15.0 Å². The maximum atomic E-state index is 4.48. The second kappa shape index (κ2) is 4.59. The molecule has 3 heterocycles. The number of hydrogen-bond acceptors (Lipinski definition) is 7. The summed E-state index contributed by atoms with van der Waals surface area (Å²) in [6, 6.07) is 2.05. The molecule has 4 nitrogen and oxygen atoms in total. The van der Waals surface area contributed by atoms with E-state index in [1.807, 2.05) is 17.8 Å². The van der Waals surface area contributed by atoms with E-state index in [-0.39, 0.29) is 0 Å². The molecule has 0 bridgehead atoms. The van der Waals surface area contributed by atoms with E-state index < -0.39 is 0 Å². The fraction of sp³-hybridized carbons (Fsp3) is 0.100. The van der Waals surface area contributed by atoms with Gasteiger partial charge in [0.05, 0.1) is 0 Å². The van der Waals surface area contributed by atoms with Crippen LogP contribution in [0.3, 0.4) is 0 Å². The molecule has 0 aliphatic rings. The summed E-state index contributed by atoms with van der Waals surface area (Å²) in [5.74, 6) is 0.652. The van der Waals surface area contributed by atoms with Gasteiger partial charge < -0.3 is 5.32 Å². The topological polar surface area (TPSA) is 50.7 Å². The number of thiophene rings is 1. The first-order chi connectivity index (χ1) is 8.36. The lowest BCUT2D eigenvalue weighted by molar-refractivity contribution is 1.10. The number of nitrogens with one attached hydrogen (secondary N) is 1. The minimum Gasteiger partial charge on any atom is -0.357 e. The Morgan fingerprint density at radius 2 is 2.18 bits per heavy atom. The smallest absolute Gasteiger partial charge is 0.224 e. The Balaban J connectivity index is 2.10. The number of nitrogens with zero attached hydrogens (tertiary/aromatic N) is 3. The summed E-state index contributed by atoms with van der Waals surface area (Å²) >= 11 is 4.82. The molecular formula is C10H8N4S3. The highest BCUT2D eigenvalue weighted by atomic mass is 32.2. The van der Waals surface area contributed by atoms with Crippen molar-refractivity contribution in [3.8, 4) is 0 Å². The number of anilines is 1. The van der Waals surface area contributed by atoms with Crippen LogP contribution >= 0.6 is 34.4 Å². The lowest BCUT2D eigenvalue weighted by Crippen LogP contribution is -1.96. The largest absolute Gasteiger partial charge is 0.357 e. The van der Waals surface area contributed by atoms with E-state index in [0.29, 0.717) is 5.95 Å². The highest BCUT2D eigenvalue weighted by Crippen LogP contribution is 2.34. The molecule has 0 spiro atoms. The number of aromatic nitrogens is 3. The van der Waals surface area contributed by atoms with Gasteiger partial charge in [0, 0.05) is 24.0 Å². The summed E-state index contributed by atoms with van der Waals surface area (Å²) in [4.78, 5) is 14.2. The molecule has 0 radical (unpaired) electrons. The zero-order valence-electron chi connectivity index (χ0n) is 8.88. The van der Waals surface area contributed by atoms with E-state index >= 15 is 0 Å². The van der Waals surface area contributed by atoms with Crippen LogP contribution in [0.4, 0.5) is 5.95 Å². The van der Waals surface area contributed by atoms with Crippen LogP contribution in [0.2, 0.25) is 0 Å². The van der Waals surface area contributed by atoms with Gasteiger partial charge >= 0.3 is 0 Å². The Bertz CT molecular complexity index is 632. The maximum Gasteiger partial charge on any atom is 0.224 e. The molecule has 86 valence electrons. The van der Waals surface area contributed by atoms with Crippen molar-refractivity contribution in [3.63, 3.8) is 0 Å². The molecule has 0 saturated heterocycles. The van der Waals surface area contributed by atoms with Crippen molar-refractivity contribution < 1.29 is 0 Å². The molecule has 3 aromatic heterocycles. The van der Waals surface area contributed by atoms with Gasteiger partial charge in [-0.15, -0.1) is 22.7 Å². The van der Waals surface area contributed by atoms with Crippen LogP contribution in [0.1, 0.15) is 0 Å². The lowest BCUT2D eigenvalue weighted by atomic mass is 10.4. The minimum atomic E-state index is 0.652. The first-order valence-corrected chi connectivity index (χ1v) is 7.45. The molecule has 0 aliphatic heterocycles. The molecule has 7 heteroatoms. The number of fused-ring (bicyclic) bond motifs is 1. The quantitative estimate of drug-likeness (QED) is 0.746. The van der Waals surface area contributed by atoms with Gasteiger partial charge in [-0.1, -0.05) is 0 Å². The van der Waals surface area contributed by atoms with E-state index in [2.05, 4.69) is 26.3 Å². The van der Waals surface area contributed by atoms with Crippen molar-refractivity contribution in [1.29, 1.82) is 0 Å². The fourth-order valence-corrected chi connectivity index (χ4v) is 3.83.